The molecule has 0 unspecified atom stereocenters. The maximum absolute atomic E-state index is 11.9. The van der Waals surface area contributed by atoms with Crippen molar-refractivity contribution in [2.45, 2.75) is 19.8 Å². The molecular weight excluding hydrogens is 286 g/mol. The molecule has 0 aliphatic heterocycles. The van der Waals surface area contributed by atoms with Gasteiger partial charge in [0.15, 0.2) is 0 Å². The number of carbonyl (C=O) groups is 2. The number of rotatable bonds is 3. The van der Waals surface area contributed by atoms with Gasteiger partial charge in [0.1, 0.15) is 5.41 Å². The minimum absolute atomic E-state index is 0.418. The number of aryl methyl sites for hydroxylation is 1. The predicted molar refractivity (Wildman–Crippen MR) is 66.8 cm³/mol. The van der Waals surface area contributed by atoms with E-state index in [1.54, 1.807) is 12.1 Å². The van der Waals surface area contributed by atoms with Gasteiger partial charge >= 0.3 is 5.97 Å². The molecule has 0 aromatic heterocycles. The second-order valence-electron chi connectivity index (χ2n) is 4.36. The molecule has 2 N–H and O–H groups in total. The molecule has 1 aliphatic rings. The van der Waals surface area contributed by atoms with Gasteiger partial charge in [-0.25, -0.2) is 0 Å². The van der Waals surface area contributed by atoms with Crippen LogP contribution in [0.5, 0.6) is 0 Å². The Morgan fingerprint density at radius 2 is 2.00 bits per heavy atom. The summed E-state index contributed by atoms with van der Waals surface area (Å²) in [5.74, 6) is -1.47. The number of nitrogens with one attached hydrogen (secondary N) is 1. The average molecular weight is 298 g/mol. The maximum Gasteiger partial charge on any atom is 0.319 e. The van der Waals surface area contributed by atoms with Crippen molar-refractivity contribution in [3.63, 3.8) is 0 Å². The molecule has 2 rings (SSSR count). The Kier molecular flexibility index (Phi) is 2.95. The predicted octanol–water partition coefficient (Wildman–Crippen LogP) is 2.56. The lowest BCUT2D eigenvalue weighted by Gasteiger charge is -2.11. The van der Waals surface area contributed by atoms with Crippen molar-refractivity contribution in [1.29, 1.82) is 0 Å². The van der Waals surface area contributed by atoms with Crippen LogP contribution in [0.2, 0.25) is 0 Å². The van der Waals surface area contributed by atoms with E-state index in [2.05, 4.69) is 21.2 Å². The Morgan fingerprint density at radius 3 is 2.47 bits per heavy atom. The van der Waals surface area contributed by atoms with Crippen molar-refractivity contribution in [3.8, 4) is 0 Å². The van der Waals surface area contributed by atoms with Crippen molar-refractivity contribution in [3.05, 3.63) is 28.2 Å². The van der Waals surface area contributed by atoms with Crippen molar-refractivity contribution >= 4 is 33.5 Å². The van der Waals surface area contributed by atoms with Crippen LogP contribution < -0.4 is 5.32 Å². The summed E-state index contributed by atoms with van der Waals surface area (Å²) in [6.07, 6.45) is 0.836. The summed E-state index contributed by atoms with van der Waals surface area (Å²) < 4.78 is 0.855. The Balaban J connectivity index is 2.16. The normalized spacial score (nSPS) is 16.4. The molecule has 17 heavy (non-hydrogen) atoms. The average Bonchev–Trinajstić information content (AvgIpc) is 2.95. The van der Waals surface area contributed by atoms with Crippen molar-refractivity contribution in [2.24, 2.45) is 5.41 Å². The smallest absolute Gasteiger partial charge is 0.319 e. The van der Waals surface area contributed by atoms with Gasteiger partial charge in [-0.3, -0.25) is 9.59 Å². The van der Waals surface area contributed by atoms with E-state index in [4.69, 9.17) is 5.11 Å². The topological polar surface area (TPSA) is 66.4 Å². The van der Waals surface area contributed by atoms with E-state index in [1.807, 2.05) is 13.0 Å². The van der Waals surface area contributed by atoms with Crippen LogP contribution in [0, 0.1) is 12.3 Å². The van der Waals surface area contributed by atoms with Gasteiger partial charge in [-0.2, -0.15) is 0 Å². The molecule has 0 heterocycles. The number of hydrogen-bond donors (Lipinski definition) is 2. The molecule has 1 amide bonds. The van der Waals surface area contributed by atoms with Crippen LogP contribution in [0.3, 0.4) is 0 Å². The minimum atomic E-state index is -1.20. The molecule has 1 aromatic rings. The van der Waals surface area contributed by atoms with Gasteiger partial charge in [-0.1, -0.05) is 15.9 Å². The molecule has 0 spiro atoms. The first kappa shape index (κ1) is 12.1. The van der Waals surface area contributed by atoms with Gasteiger partial charge in [0.2, 0.25) is 5.91 Å². The second-order valence-corrected chi connectivity index (χ2v) is 5.27. The number of benzene rings is 1. The highest BCUT2D eigenvalue weighted by Gasteiger charge is 2.57. The van der Waals surface area contributed by atoms with Gasteiger partial charge in [-0.15, -0.1) is 0 Å². The van der Waals surface area contributed by atoms with Crippen LogP contribution in [-0.2, 0) is 9.59 Å². The van der Waals surface area contributed by atoms with E-state index in [-0.39, 0.29) is 0 Å². The van der Waals surface area contributed by atoms with Gasteiger partial charge < -0.3 is 10.4 Å². The van der Waals surface area contributed by atoms with Crippen LogP contribution >= 0.6 is 15.9 Å². The second kappa shape index (κ2) is 4.14. The van der Waals surface area contributed by atoms with Crippen LogP contribution in [0.25, 0.3) is 0 Å². The summed E-state index contributed by atoms with van der Waals surface area (Å²) in [6.45, 7) is 1.91. The Bertz CT molecular complexity index is 474. The molecule has 1 aliphatic carbocycles. The highest BCUT2D eigenvalue weighted by molar-refractivity contribution is 9.10. The monoisotopic (exact) mass is 297 g/mol. The highest BCUT2D eigenvalue weighted by atomic mass is 79.9. The molecule has 4 nitrogen and oxygen atoms in total. The SMILES string of the molecule is Cc1cc(Br)cc(NC(=O)C2(C(=O)O)CC2)c1. The molecule has 0 radical (unpaired) electrons. The van der Waals surface area contributed by atoms with E-state index in [0.717, 1.165) is 10.0 Å². The lowest BCUT2D eigenvalue weighted by Crippen LogP contribution is -2.31. The number of halogens is 1. The quantitative estimate of drug-likeness (QED) is 0.843. The van der Waals surface area contributed by atoms with Crippen LogP contribution in [0.1, 0.15) is 18.4 Å². The summed E-state index contributed by atoms with van der Waals surface area (Å²) in [7, 11) is 0. The van der Waals surface area contributed by atoms with Crippen molar-refractivity contribution in [1.82, 2.24) is 0 Å². The first-order valence-corrected chi connectivity index (χ1v) is 6.05. The summed E-state index contributed by atoms with van der Waals surface area (Å²) in [5.41, 5.74) is 0.417. The zero-order valence-electron chi connectivity index (χ0n) is 9.29. The maximum atomic E-state index is 11.9. The zero-order valence-corrected chi connectivity index (χ0v) is 10.9. The molecule has 0 saturated heterocycles. The number of anilines is 1. The molecule has 5 heteroatoms. The molecular formula is C12H12BrNO3. The third kappa shape index (κ3) is 2.34. The van der Waals surface area contributed by atoms with Crippen LogP contribution in [-0.4, -0.2) is 17.0 Å². The number of carboxylic acids is 1. The van der Waals surface area contributed by atoms with Crippen LogP contribution in [0.4, 0.5) is 5.69 Å². The molecule has 0 bridgehead atoms. The first-order chi connectivity index (χ1) is 7.94. The molecule has 1 saturated carbocycles. The standard InChI is InChI=1S/C12H12BrNO3/c1-7-4-8(13)6-9(5-7)14-10(15)12(2-3-12)11(16)17/h4-6H,2-3H2,1H3,(H,14,15)(H,16,17). The van der Waals surface area contributed by atoms with Gasteiger partial charge in [0.25, 0.3) is 0 Å². The van der Waals surface area contributed by atoms with Crippen molar-refractivity contribution < 1.29 is 14.7 Å². The van der Waals surface area contributed by atoms with E-state index < -0.39 is 17.3 Å². The number of amides is 1. The first-order valence-electron chi connectivity index (χ1n) is 5.26. The molecule has 1 aromatic carbocycles. The summed E-state index contributed by atoms with van der Waals surface area (Å²) in [4.78, 5) is 22.8. The third-order valence-corrected chi connectivity index (χ3v) is 3.35. The Hall–Kier alpha value is -1.36. The number of carboxylic acid groups (broad SMARTS) is 1. The van der Waals surface area contributed by atoms with E-state index in [0.29, 0.717) is 18.5 Å². The fourth-order valence-corrected chi connectivity index (χ4v) is 2.33. The number of aliphatic carboxylic acids is 1. The molecule has 1 fully saturated rings. The number of carbonyl (C=O) groups excluding carboxylic acids is 1. The van der Waals surface area contributed by atoms with E-state index in [1.165, 1.54) is 0 Å². The Labute approximate surface area is 107 Å². The van der Waals surface area contributed by atoms with Gasteiger partial charge in [-0.05, 0) is 43.5 Å². The Morgan fingerprint density at radius 1 is 1.35 bits per heavy atom. The largest absolute Gasteiger partial charge is 0.480 e. The van der Waals surface area contributed by atoms with E-state index in [9.17, 15) is 9.59 Å². The summed E-state index contributed by atoms with van der Waals surface area (Å²) in [5, 5.41) is 11.6. The molecule has 0 atom stereocenters. The summed E-state index contributed by atoms with van der Waals surface area (Å²) >= 11 is 3.33. The fourth-order valence-electron chi connectivity index (χ4n) is 1.72. The van der Waals surface area contributed by atoms with E-state index >= 15 is 0 Å². The number of hydrogen-bond acceptors (Lipinski definition) is 2. The lowest BCUT2D eigenvalue weighted by atomic mass is 10.1. The van der Waals surface area contributed by atoms with Crippen LogP contribution in [0.15, 0.2) is 22.7 Å². The van der Waals surface area contributed by atoms with Gasteiger partial charge in [0, 0.05) is 10.2 Å². The molecule has 90 valence electrons. The lowest BCUT2D eigenvalue weighted by molar-refractivity contribution is -0.147. The minimum Gasteiger partial charge on any atom is -0.480 e. The highest BCUT2D eigenvalue weighted by Crippen LogP contribution is 2.46. The van der Waals surface area contributed by atoms with Crippen molar-refractivity contribution in [2.75, 3.05) is 5.32 Å². The third-order valence-electron chi connectivity index (χ3n) is 2.89. The van der Waals surface area contributed by atoms with Gasteiger partial charge in [0.05, 0.1) is 0 Å². The fraction of sp³-hybridized carbons (Fsp3) is 0.333. The summed E-state index contributed by atoms with van der Waals surface area (Å²) in [6, 6.07) is 5.48. The zero-order chi connectivity index (χ0) is 12.6.